The van der Waals surface area contributed by atoms with Gasteiger partial charge in [-0.15, -0.1) is 0 Å². The number of hydrogen-bond donors (Lipinski definition) is 1. The van der Waals surface area contributed by atoms with Crippen molar-refractivity contribution in [3.8, 4) is 16.9 Å². The second kappa shape index (κ2) is 8.83. The predicted molar refractivity (Wildman–Crippen MR) is 104 cm³/mol. The minimum atomic E-state index is -0.154. The highest BCUT2D eigenvalue weighted by Crippen LogP contribution is 2.21. The number of carbonyl (C=O) groups is 1. The predicted octanol–water partition coefficient (Wildman–Crippen LogP) is 4.63. The summed E-state index contributed by atoms with van der Waals surface area (Å²) in [7, 11) is 1.63. The first-order chi connectivity index (χ1) is 12.8. The van der Waals surface area contributed by atoms with Gasteiger partial charge in [-0.2, -0.15) is 0 Å². The molecule has 0 bridgehead atoms. The molecule has 0 unspecified atom stereocenters. The lowest BCUT2D eigenvalue weighted by Crippen LogP contribution is -2.12. The first kappa shape index (κ1) is 17.7. The molecule has 132 valence electrons. The Morgan fingerprint density at radius 2 is 1.58 bits per heavy atom. The summed E-state index contributed by atoms with van der Waals surface area (Å²) in [5, 5.41) is 2.90. The molecule has 3 aromatic rings. The number of amides is 1. The van der Waals surface area contributed by atoms with E-state index in [1.807, 2.05) is 72.8 Å². The summed E-state index contributed by atoms with van der Waals surface area (Å²) in [6.07, 6.45) is 0. The molecule has 0 heterocycles. The molecule has 0 aliphatic carbocycles. The van der Waals surface area contributed by atoms with Gasteiger partial charge in [0, 0.05) is 24.4 Å². The number of anilines is 1. The van der Waals surface area contributed by atoms with Crippen LogP contribution in [0.15, 0.2) is 78.9 Å². The van der Waals surface area contributed by atoms with Gasteiger partial charge in [0.2, 0.25) is 0 Å². The maximum atomic E-state index is 12.5. The van der Waals surface area contributed by atoms with Crippen molar-refractivity contribution in [2.24, 2.45) is 0 Å². The number of benzene rings is 3. The zero-order chi connectivity index (χ0) is 18.2. The monoisotopic (exact) mass is 347 g/mol. The van der Waals surface area contributed by atoms with Crippen LogP contribution in [0.2, 0.25) is 0 Å². The van der Waals surface area contributed by atoms with Crippen LogP contribution in [0.5, 0.6) is 5.75 Å². The SMILES string of the molecule is COCCOc1cccc(NC(=O)c2ccc(-c3ccccc3)cc2)c1. The lowest BCUT2D eigenvalue weighted by molar-refractivity contribution is 0.102. The van der Waals surface area contributed by atoms with Crippen LogP contribution in [0.4, 0.5) is 5.69 Å². The van der Waals surface area contributed by atoms with Gasteiger partial charge in [-0.05, 0) is 35.4 Å². The van der Waals surface area contributed by atoms with Gasteiger partial charge in [-0.25, -0.2) is 0 Å². The van der Waals surface area contributed by atoms with Gasteiger partial charge in [0.15, 0.2) is 0 Å². The lowest BCUT2D eigenvalue weighted by atomic mass is 10.0. The molecule has 1 N–H and O–H groups in total. The van der Waals surface area contributed by atoms with E-state index in [4.69, 9.17) is 9.47 Å². The van der Waals surface area contributed by atoms with Crippen molar-refractivity contribution in [1.82, 2.24) is 0 Å². The van der Waals surface area contributed by atoms with Crippen LogP contribution in [0.1, 0.15) is 10.4 Å². The highest BCUT2D eigenvalue weighted by molar-refractivity contribution is 6.04. The van der Waals surface area contributed by atoms with Crippen molar-refractivity contribution >= 4 is 11.6 Å². The summed E-state index contributed by atoms with van der Waals surface area (Å²) < 4.78 is 10.5. The van der Waals surface area contributed by atoms with Crippen LogP contribution in [0, 0.1) is 0 Å². The first-order valence-electron chi connectivity index (χ1n) is 8.45. The highest BCUT2D eigenvalue weighted by Gasteiger charge is 2.07. The molecular weight excluding hydrogens is 326 g/mol. The Morgan fingerprint density at radius 3 is 2.31 bits per heavy atom. The Morgan fingerprint density at radius 1 is 0.846 bits per heavy atom. The summed E-state index contributed by atoms with van der Waals surface area (Å²) >= 11 is 0. The van der Waals surface area contributed by atoms with Crippen molar-refractivity contribution in [1.29, 1.82) is 0 Å². The van der Waals surface area contributed by atoms with Crippen molar-refractivity contribution in [3.63, 3.8) is 0 Å². The topological polar surface area (TPSA) is 47.6 Å². The van der Waals surface area contributed by atoms with Crippen molar-refractivity contribution in [3.05, 3.63) is 84.4 Å². The maximum Gasteiger partial charge on any atom is 0.255 e. The van der Waals surface area contributed by atoms with E-state index in [1.165, 1.54) is 0 Å². The summed E-state index contributed by atoms with van der Waals surface area (Å²) in [6, 6.07) is 25.0. The Hall–Kier alpha value is -3.11. The number of ether oxygens (including phenoxy) is 2. The van der Waals surface area contributed by atoms with E-state index in [1.54, 1.807) is 13.2 Å². The van der Waals surface area contributed by atoms with Gasteiger partial charge >= 0.3 is 0 Å². The van der Waals surface area contributed by atoms with Gasteiger partial charge in [-0.1, -0.05) is 48.5 Å². The standard InChI is InChI=1S/C22H21NO3/c1-25-14-15-26-21-9-5-8-20(16-21)23-22(24)19-12-10-18(11-13-19)17-6-3-2-4-7-17/h2-13,16H,14-15H2,1H3,(H,23,24). The molecule has 0 aliphatic rings. The summed E-state index contributed by atoms with van der Waals surface area (Å²) in [5.74, 6) is 0.540. The Labute approximate surface area is 153 Å². The van der Waals surface area contributed by atoms with Crippen molar-refractivity contribution in [2.75, 3.05) is 25.6 Å². The van der Waals surface area contributed by atoms with Gasteiger partial charge < -0.3 is 14.8 Å². The normalized spacial score (nSPS) is 10.3. The molecule has 0 spiro atoms. The molecule has 0 radical (unpaired) electrons. The van der Waals surface area contributed by atoms with E-state index >= 15 is 0 Å². The molecule has 0 aliphatic heterocycles. The number of rotatable bonds is 7. The second-order valence-electron chi connectivity index (χ2n) is 5.77. The molecule has 0 saturated heterocycles. The van der Waals surface area contributed by atoms with E-state index in [0.29, 0.717) is 30.2 Å². The molecule has 3 rings (SSSR count). The van der Waals surface area contributed by atoms with E-state index in [-0.39, 0.29) is 5.91 Å². The summed E-state index contributed by atoms with van der Waals surface area (Å²) in [5.41, 5.74) is 3.50. The zero-order valence-electron chi connectivity index (χ0n) is 14.6. The number of hydrogen-bond acceptors (Lipinski definition) is 3. The minimum absolute atomic E-state index is 0.154. The Bertz CT molecular complexity index is 845. The zero-order valence-corrected chi connectivity index (χ0v) is 14.6. The fourth-order valence-corrected chi connectivity index (χ4v) is 2.55. The smallest absolute Gasteiger partial charge is 0.255 e. The third-order valence-electron chi connectivity index (χ3n) is 3.90. The molecule has 0 fully saturated rings. The van der Waals surface area contributed by atoms with Gasteiger partial charge in [0.05, 0.1) is 6.61 Å². The van der Waals surface area contributed by atoms with E-state index in [2.05, 4.69) is 5.32 Å². The minimum Gasteiger partial charge on any atom is -0.491 e. The quantitative estimate of drug-likeness (QED) is 0.634. The van der Waals surface area contributed by atoms with Gasteiger partial charge in [0.25, 0.3) is 5.91 Å². The van der Waals surface area contributed by atoms with Crippen LogP contribution in [0.25, 0.3) is 11.1 Å². The number of nitrogens with one attached hydrogen (secondary N) is 1. The Balaban J connectivity index is 1.65. The molecular formula is C22H21NO3. The average Bonchev–Trinajstić information content (AvgIpc) is 2.69. The third-order valence-corrected chi connectivity index (χ3v) is 3.90. The third kappa shape index (κ3) is 4.71. The van der Waals surface area contributed by atoms with Crippen LogP contribution in [-0.2, 0) is 4.74 Å². The lowest BCUT2D eigenvalue weighted by Gasteiger charge is -2.09. The summed E-state index contributed by atoms with van der Waals surface area (Å²) in [6.45, 7) is 0.985. The number of methoxy groups -OCH3 is 1. The average molecular weight is 347 g/mol. The van der Waals surface area contributed by atoms with E-state index < -0.39 is 0 Å². The first-order valence-corrected chi connectivity index (χ1v) is 8.45. The second-order valence-corrected chi connectivity index (χ2v) is 5.77. The van der Waals surface area contributed by atoms with Gasteiger partial charge in [0.1, 0.15) is 12.4 Å². The fraction of sp³-hybridized carbons (Fsp3) is 0.136. The molecule has 26 heavy (non-hydrogen) atoms. The van der Waals surface area contributed by atoms with Crippen LogP contribution in [0.3, 0.4) is 0 Å². The molecule has 0 saturated carbocycles. The molecule has 0 aromatic heterocycles. The van der Waals surface area contributed by atoms with Crippen LogP contribution in [-0.4, -0.2) is 26.2 Å². The van der Waals surface area contributed by atoms with Gasteiger partial charge in [-0.3, -0.25) is 4.79 Å². The van der Waals surface area contributed by atoms with Crippen LogP contribution >= 0.6 is 0 Å². The Kier molecular flexibility index (Phi) is 6.01. The molecule has 4 nitrogen and oxygen atoms in total. The van der Waals surface area contributed by atoms with Crippen molar-refractivity contribution < 1.29 is 14.3 Å². The van der Waals surface area contributed by atoms with E-state index in [0.717, 1.165) is 11.1 Å². The summed E-state index contributed by atoms with van der Waals surface area (Å²) in [4.78, 5) is 12.5. The molecule has 4 heteroatoms. The van der Waals surface area contributed by atoms with Crippen molar-refractivity contribution in [2.45, 2.75) is 0 Å². The molecule has 0 atom stereocenters. The van der Waals surface area contributed by atoms with Crippen LogP contribution < -0.4 is 10.1 Å². The fourth-order valence-electron chi connectivity index (χ4n) is 2.55. The molecule has 3 aromatic carbocycles. The van der Waals surface area contributed by atoms with E-state index in [9.17, 15) is 4.79 Å². The highest BCUT2D eigenvalue weighted by atomic mass is 16.5. The molecule has 1 amide bonds. The maximum absolute atomic E-state index is 12.5. The number of carbonyl (C=O) groups excluding carboxylic acids is 1. The largest absolute Gasteiger partial charge is 0.491 e.